The quantitative estimate of drug-likeness (QED) is 0.122. The summed E-state index contributed by atoms with van der Waals surface area (Å²) in [6.07, 6.45) is 1.47. The van der Waals surface area contributed by atoms with Crippen LogP contribution in [0.5, 0.6) is 11.6 Å². The molecule has 4 N–H and O–H groups in total. The summed E-state index contributed by atoms with van der Waals surface area (Å²) in [7, 11) is 0. The number of aliphatic hydroxyl groups is 2. The van der Waals surface area contributed by atoms with Gasteiger partial charge in [-0.15, -0.1) is 0 Å². The molecule has 0 amide bonds. The zero-order chi connectivity index (χ0) is 28.4. The summed E-state index contributed by atoms with van der Waals surface area (Å²) in [5, 5.41) is 43.2. The molecule has 0 saturated heterocycles. The Bertz CT molecular complexity index is 1660. The lowest BCUT2D eigenvalue weighted by Gasteiger charge is -2.17. The third kappa shape index (κ3) is 5.35. The lowest BCUT2D eigenvalue weighted by Crippen LogP contribution is -2.38. The first-order valence-electron chi connectivity index (χ1n) is 12.4. The van der Waals surface area contributed by atoms with Crippen LogP contribution in [-0.2, 0) is 0 Å². The van der Waals surface area contributed by atoms with Crippen LogP contribution in [0.3, 0.4) is 0 Å². The van der Waals surface area contributed by atoms with Gasteiger partial charge in [0, 0.05) is 41.2 Å². The van der Waals surface area contributed by atoms with Gasteiger partial charge in [0.15, 0.2) is 17.1 Å². The summed E-state index contributed by atoms with van der Waals surface area (Å²) in [6.45, 7) is 3.43. The van der Waals surface area contributed by atoms with Gasteiger partial charge in [0.2, 0.25) is 23.5 Å². The molecular weight excluding hydrogens is 522 g/mol. The van der Waals surface area contributed by atoms with Crippen LogP contribution < -0.4 is 20.1 Å². The molecule has 5 aromatic rings. The number of aliphatic hydroxyl groups excluding tert-OH is 2. The first kappa shape index (κ1) is 26.8. The van der Waals surface area contributed by atoms with Crippen molar-refractivity contribution in [3.05, 3.63) is 101 Å². The Morgan fingerprint density at radius 2 is 1.85 bits per heavy atom. The summed E-state index contributed by atoms with van der Waals surface area (Å²) in [6, 6.07) is 14.0. The molecule has 0 radical (unpaired) electrons. The molecule has 0 fully saturated rings. The molecule has 3 heterocycles. The zero-order valence-corrected chi connectivity index (χ0v) is 21.5. The number of ether oxygens (including phenoxy) is 1. The van der Waals surface area contributed by atoms with Gasteiger partial charge in [-0.1, -0.05) is 0 Å². The molecule has 2 atom stereocenters. The van der Waals surface area contributed by atoms with Gasteiger partial charge in [-0.05, 0) is 62.4 Å². The second kappa shape index (κ2) is 11.1. The number of hydrogen-bond acceptors (Lipinski definition) is 8. The molecule has 5 rings (SSSR count). The van der Waals surface area contributed by atoms with Gasteiger partial charge in [0.05, 0.1) is 12.3 Å². The van der Waals surface area contributed by atoms with Crippen LogP contribution in [0.25, 0.3) is 16.8 Å². The standard InChI is InChI=1S/C28H26F2N6O4/c1-16-3-9-23(36(39)25(16)18-4-6-19(29)7-5-18)27(38)34-20-8-10-24(21(30)13-20)40-28-26-22(33-17(2)14-37)11-12-35(26)32-15-31-28/h3-13,15,17,27,33-34,37-38H,14H2,1-2H3/t17-,27?/m1/s1. The average Bonchev–Trinajstić information content (AvgIpc) is 3.34. The summed E-state index contributed by atoms with van der Waals surface area (Å²) in [4.78, 5) is 4.14. The maximum atomic E-state index is 15.1. The van der Waals surface area contributed by atoms with Crippen molar-refractivity contribution < 1.29 is 28.5 Å². The SMILES string of the molecule is Cc1ccc(C(O)Nc2ccc(Oc3ncnn4ccc(N[C@H](C)CO)c34)c(F)c2)[n+]([O-])c1-c1ccc(F)cc1. The van der Waals surface area contributed by atoms with Crippen molar-refractivity contribution in [1.29, 1.82) is 0 Å². The molecule has 1 unspecified atom stereocenters. The molecule has 0 aliphatic heterocycles. The number of benzene rings is 2. The number of aromatic nitrogens is 4. The van der Waals surface area contributed by atoms with Crippen LogP contribution >= 0.6 is 0 Å². The third-order valence-electron chi connectivity index (χ3n) is 6.25. The fourth-order valence-electron chi connectivity index (χ4n) is 4.24. The molecular formula is C28H26F2N6O4. The molecule has 2 aromatic carbocycles. The normalized spacial score (nSPS) is 12.8. The fourth-order valence-corrected chi connectivity index (χ4v) is 4.24. The highest BCUT2D eigenvalue weighted by Gasteiger charge is 2.23. The molecule has 0 saturated carbocycles. The first-order valence-corrected chi connectivity index (χ1v) is 12.4. The molecule has 0 aliphatic carbocycles. The first-order chi connectivity index (χ1) is 19.2. The number of hydrogen-bond donors (Lipinski definition) is 4. The van der Waals surface area contributed by atoms with Crippen molar-refractivity contribution in [2.45, 2.75) is 26.1 Å². The smallest absolute Gasteiger partial charge is 0.249 e. The topological polar surface area (TPSA) is 131 Å². The second-order valence-corrected chi connectivity index (χ2v) is 9.20. The van der Waals surface area contributed by atoms with Gasteiger partial charge in [-0.25, -0.2) is 13.3 Å². The Balaban J connectivity index is 1.37. The monoisotopic (exact) mass is 548 g/mol. The predicted octanol–water partition coefficient (Wildman–Crippen LogP) is 4.30. The van der Waals surface area contributed by atoms with Crippen LogP contribution in [0.1, 0.15) is 24.4 Å². The number of nitrogens with zero attached hydrogens (tertiary/aromatic N) is 4. The van der Waals surface area contributed by atoms with E-state index in [4.69, 9.17) is 4.74 Å². The van der Waals surface area contributed by atoms with Crippen molar-refractivity contribution in [2.24, 2.45) is 0 Å². The fraction of sp³-hybridized carbons (Fsp3) is 0.179. The van der Waals surface area contributed by atoms with Crippen molar-refractivity contribution in [3.63, 3.8) is 0 Å². The van der Waals surface area contributed by atoms with E-state index in [-0.39, 0.29) is 41.4 Å². The molecule has 3 aromatic heterocycles. The number of pyridine rings is 1. The van der Waals surface area contributed by atoms with Crippen molar-refractivity contribution in [2.75, 3.05) is 17.2 Å². The molecule has 10 nitrogen and oxygen atoms in total. The van der Waals surface area contributed by atoms with Crippen molar-refractivity contribution >= 4 is 16.9 Å². The highest BCUT2D eigenvalue weighted by Crippen LogP contribution is 2.32. The van der Waals surface area contributed by atoms with E-state index >= 15 is 4.39 Å². The number of fused-ring (bicyclic) bond motifs is 1. The molecule has 12 heteroatoms. The predicted molar refractivity (Wildman–Crippen MR) is 144 cm³/mol. The van der Waals surface area contributed by atoms with E-state index in [0.29, 0.717) is 27.1 Å². The van der Waals surface area contributed by atoms with E-state index in [9.17, 15) is 19.8 Å². The molecule has 0 bridgehead atoms. The largest absolute Gasteiger partial charge is 0.618 e. The van der Waals surface area contributed by atoms with E-state index in [0.717, 1.165) is 6.07 Å². The van der Waals surface area contributed by atoms with Gasteiger partial charge in [-0.3, -0.25) is 0 Å². The number of halogens is 2. The van der Waals surface area contributed by atoms with E-state index in [1.165, 1.54) is 53.3 Å². The molecule has 0 aliphatic rings. The van der Waals surface area contributed by atoms with Gasteiger partial charge in [0.25, 0.3) is 0 Å². The summed E-state index contributed by atoms with van der Waals surface area (Å²) in [5.41, 5.74) is 2.60. The number of anilines is 2. The Kier molecular flexibility index (Phi) is 7.45. The minimum Gasteiger partial charge on any atom is -0.618 e. The highest BCUT2D eigenvalue weighted by molar-refractivity contribution is 5.78. The van der Waals surface area contributed by atoms with Crippen molar-refractivity contribution in [1.82, 2.24) is 14.6 Å². The summed E-state index contributed by atoms with van der Waals surface area (Å²) < 4.78 is 36.3. The Morgan fingerprint density at radius 3 is 2.58 bits per heavy atom. The number of rotatable bonds is 9. The maximum absolute atomic E-state index is 15.1. The van der Waals surface area contributed by atoms with Crippen LogP contribution in [0.2, 0.25) is 0 Å². The van der Waals surface area contributed by atoms with Gasteiger partial charge < -0.3 is 30.8 Å². The lowest BCUT2D eigenvalue weighted by molar-refractivity contribution is -0.607. The van der Waals surface area contributed by atoms with Gasteiger partial charge >= 0.3 is 0 Å². The zero-order valence-electron chi connectivity index (χ0n) is 21.5. The van der Waals surface area contributed by atoms with Crippen molar-refractivity contribution in [3.8, 4) is 22.9 Å². The Labute approximate surface area is 227 Å². The van der Waals surface area contributed by atoms with E-state index in [1.54, 1.807) is 32.2 Å². The minimum absolute atomic E-state index is 0.0283. The van der Waals surface area contributed by atoms with Gasteiger partial charge in [-0.2, -0.15) is 14.8 Å². The van der Waals surface area contributed by atoms with E-state index in [1.807, 2.05) is 0 Å². The Morgan fingerprint density at radius 1 is 1.07 bits per heavy atom. The summed E-state index contributed by atoms with van der Waals surface area (Å²) >= 11 is 0. The Hall–Kier alpha value is -4.81. The average molecular weight is 549 g/mol. The number of aryl methyl sites for hydroxylation is 1. The van der Waals surface area contributed by atoms with Gasteiger partial charge in [0.1, 0.15) is 12.1 Å². The summed E-state index contributed by atoms with van der Waals surface area (Å²) in [5.74, 6) is -1.22. The van der Waals surface area contributed by atoms with Crippen LogP contribution in [0.15, 0.2) is 73.2 Å². The lowest BCUT2D eigenvalue weighted by atomic mass is 10.1. The van der Waals surface area contributed by atoms with E-state index < -0.39 is 17.9 Å². The van der Waals surface area contributed by atoms with Crippen LogP contribution in [0, 0.1) is 23.8 Å². The minimum atomic E-state index is -1.48. The van der Waals surface area contributed by atoms with E-state index in [2.05, 4.69) is 20.7 Å². The second-order valence-electron chi connectivity index (χ2n) is 9.20. The molecule has 40 heavy (non-hydrogen) atoms. The molecule has 0 spiro atoms. The third-order valence-corrected chi connectivity index (χ3v) is 6.25. The number of nitrogens with one attached hydrogen (secondary N) is 2. The highest BCUT2D eigenvalue weighted by atomic mass is 19.1. The van der Waals surface area contributed by atoms with Crippen LogP contribution in [0.4, 0.5) is 20.2 Å². The molecule has 206 valence electrons. The maximum Gasteiger partial charge on any atom is 0.249 e. The van der Waals surface area contributed by atoms with Crippen LogP contribution in [-0.4, -0.2) is 37.5 Å².